The highest BCUT2D eigenvalue weighted by atomic mass is 28.4. The van der Waals surface area contributed by atoms with E-state index in [1.807, 2.05) is 18.2 Å². The van der Waals surface area contributed by atoms with Crippen LogP contribution < -0.4 is 10.4 Å². The molecule has 0 aromatic heterocycles. The Balaban J connectivity index is 1.54. The summed E-state index contributed by atoms with van der Waals surface area (Å²) in [4.78, 5) is 11.9. The van der Waals surface area contributed by atoms with Gasteiger partial charge in [0, 0.05) is 24.0 Å². The van der Waals surface area contributed by atoms with Gasteiger partial charge in [0.05, 0.1) is 19.8 Å². The molecule has 0 radical (unpaired) electrons. The molecule has 210 valence electrons. The molecule has 5 rings (SSSR count). The van der Waals surface area contributed by atoms with Gasteiger partial charge in [-0.3, -0.25) is 0 Å². The average Bonchev–Trinajstić information content (AvgIpc) is 3.52. The lowest BCUT2D eigenvalue weighted by Gasteiger charge is -2.45. The normalized spacial score (nSPS) is 24.5. The van der Waals surface area contributed by atoms with Crippen molar-refractivity contribution in [1.29, 1.82) is 0 Å². The number of allylic oxidation sites excluding steroid dienone is 1. The fourth-order valence-corrected chi connectivity index (χ4v) is 11.7. The van der Waals surface area contributed by atoms with Crippen LogP contribution in [0.25, 0.3) is 0 Å². The molecule has 4 unspecified atom stereocenters. The molecule has 0 spiro atoms. The van der Waals surface area contributed by atoms with E-state index in [-0.39, 0.29) is 40.2 Å². The second-order valence-corrected chi connectivity index (χ2v) is 16.4. The van der Waals surface area contributed by atoms with Crippen LogP contribution in [-0.2, 0) is 24.1 Å². The van der Waals surface area contributed by atoms with Crippen LogP contribution in [0.15, 0.2) is 97.1 Å². The first-order valence-corrected chi connectivity index (χ1v) is 16.0. The van der Waals surface area contributed by atoms with E-state index in [1.54, 1.807) is 0 Å². The van der Waals surface area contributed by atoms with Gasteiger partial charge in [0.25, 0.3) is 8.32 Å². The first-order valence-electron chi connectivity index (χ1n) is 14.1. The van der Waals surface area contributed by atoms with Gasteiger partial charge in [-0.15, -0.1) is 0 Å². The molecule has 0 N–H and O–H groups in total. The number of carbonyl (C=O) groups excluding carboxylic acids is 1. The molecule has 2 fully saturated rings. The summed E-state index contributed by atoms with van der Waals surface area (Å²) < 4.78 is 32.5. The van der Waals surface area contributed by atoms with Crippen molar-refractivity contribution >= 4 is 24.7 Å². The van der Waals surface area contributed by atoms with Crippen molar-refractivity contribution in [1.82, 2.24) is 0 Å². The van der Waals surface area contributed by atoms with Gasteiger partial charge >= 0.3 is 5.97 Å². The zero-order valence-corrected chi connectivity index (χ0v) is 24.8. The lowest BCUT2D eigenvalue weighted by atomic mass is 9.69. The van der Waals surface area contributed by atoms with E-state index < -0.39 is 8.32 Å². The number of ether oxygens (including phenoxy) is 2. The van der Waals surface area contributed by atoms with Crippen LogP contribution in [0.1, 0.15) is 39.2 Å². The summed E-state index contributed by atoms with van der Waals surface area (Å²) >= 11 is 0. The Kier molecular flexibility index (Phi) is 8.14. The monoisotopic (exact) mass is 558 g/mol. The number of carbonyl (C=O) groups is 1. The minimum Gasteiger partial charge on any atom is -0.466 e. The van der Waals surface area contributed by atoms with Crippen molar-refractivity contribution in [3.8, 4) is 0 Å². The number of hydrogen-bond donors (Lipinski definition) is 0. The molecule has 40 heavy (non-hydrogen) atoms. The Labute approximate surface area is 238 Å². The molecule has 6 heteroatoms. The number of halogens is 1. The van der Waals surface area contributed by atoms with Gasteiger partial charge in [-0.25, -0.2) is 9.18 Å². The minimum atomic E-state index is -2.74. The summed E-state index contributed by atoms with van der Waals surface area (Å²) in [5.74, 6) is -0.337. The van der Waals surface area contributed by atoms with Crippen LogP contribution >= 0.6 is 0 Å². The predicted octanol–water partition coefficient (Wildman–Crippen LogP) is 5.79. The maximum atomic E-state index is 13.9. The van der Waals surface area contributed by atoms with E-state index in [4.69, 9.17) is 13.9 Å². The molecule has 4 atom stereocenters. The molecular formula is C34H39FO4Si. The van der Waals surface area contributed by atoms with E-state index in [0.29, 0.717) is 19.6 Å². The van der Waals surface area contributed by atoms with Gasteiger partial charge in [-0.2, -0.15) is 0 Å². The molecule has 3 aromatic rings. The van der Waals surface area contributed by atoms with E-state index in [0.717, 1.165) is 12.0 Å². The minimum absolute atomic E-state index is 0.0276. The van der Waals surface area contributed by atoms with E-state index in [2.05, 4.69) is 81.4 Å². The third-order valence-electron chi connectivity index (χ3n) is 9.00. The van der Waals surface area contributed by atoms with Gasteiger partial charge in [0.1, 0.15) is 5.82 Å². The van der Waals surface area contributed by atoms with E-state index in [9.17, 15) is 9.18 Å². The lowest BCUT2D eigenvalue weighted by Crippen LogP contribution is -2.67. The van der Waals surface area contributed by atoms with Crippen molar-refractivity contribution < 1.29 is 23.1 Å². The quantitative estimate of drug-likeness (QED) is 0.189. The molecule has 1 saturated carbocycles. The summed E-state index contributed by atoms with van der Waals surface area (Å²) in [7, 11) is -1.35. The molecule has 3 aromatic carbocycles. The largest absolute Gasteiger partial charge is 0.466 e. The maximum absolute atomic E-state index is 13.9. The zero-order chi connectivity index (χ0) is 28.4. The van der Waals surface area contributed by atoms with Crippen molar-refractivity contribution in [2.45, 2.75) is 50.2 Å². The molecule has 0 amide bonds. The van der Waals surface area contributed by atoms with Gasteiger partial charge in [-0.1, -0.05) is 99.6 Å². The van der Waals surface area contributed by atoms with Gasteiger partial charge in [-0.05, 0) is 51.9 Å². The van der Waals surface area contributed by atoms with Crippen molar-refractivity contribution in [3.63, 3.8) is 0 Å². The summed E-state index contributed by atoms with van der Waals surface area (Å²) in [5.41, 5.74) is 0.819. The second-order valence-electron chi connectivity index (χ2n) is 12.1. The predicted molar refractivity (Wildman–Crippen MR) is 159 cm³/mol. The number of fused-ring (bicyclic) bond motifs is 2. The number of rotatable bonds is 9. The molecule has 4 nitrogen and oxygen atoms in total. The number of esters is 1. The summed E-state index contributed by atoms with van der Waals surface area (Å²) in [5, 5.41) is 2.35. The van der Waals surface area contributed by atoms with E-state index in [1.165, 1.54) is 35.7 Å². The summed E-state index contributed by atoms with van der Waals surface area (Å²) in [6.45, 7) is 7.97. The summed E-state index contributed by atoms with van der Waals surface area (Å²) in [6.07, 6.45) is 4.98. The third-order valence-corrected chi connectivity index (χ3v) is 14.0. The highest BCUT2D eigenvalue weighted by Gasteiger charge is 2.60. The van der Waals surface area contributed by atoms with E-state index >= 15 is 0 Å². The first-order chi connectivity index (χ1) is 19.2. The Morgan fingerprint density at radius 1 is 1.00 bits per heavy atom. The Bertz CT molecular complexity index is 1280. The van der Waals surface area contributed by atoms with Crippen LogP contribution in [0.2, 0.25) is 5.04 Å². The van der Waals surface area contributed by atoms with Crippen LogP contribution in [-0.4, -0.2) is 40.7 Å². The Morgan fingerprint density at radius 2 is 1.60 bits per heavy atom. The number of methoxy groups -OCH3 is 1. The Morgan fingerprint density at radius 3 is 2.15 bits per heavy atom. The SMILES string of the molecule is COC(=O)/C=C\CC1C(CO[Si](c2ccccc2)(c2ccccc2)C(C)(C)C)C2CC1(c1ccc(F)cc1)CO2. The van der Waals surface area contributed by atoms with Crippen LogP contribution in [0.3, 0.4) is 0 Å². The summed E-state index contributed by atoms with van der Waals surface area (Å²) in [6, 6.07) is 28.2. The molecule has 1 aliphatic heterocycles. The molecule has 1 aliphatic carbocycles. The molecule has 1 saturated heterocycles. The first kappa shape index (κ1) is 28.5. The highest BCUT2D eigenvalue weighted by Crippen LogP contribution is 2.57. The lowest BCUT2D eigenvalue weighted by molar-refractivity contribution is -0.134. The van der Waals surface area contributed by atoms with Gasteiger partial charge in [0.2, 0.25) is 0 Å². The zero-order valence-electron chi connectivity index (χ0n) is 23.8. The third kappa shape index (κ3) is 5.09. The van der Waals surface area contributed by atoms with Crippen molar-refractivity contribution in [2.24, 2.45) is 11.8 Å². The van der Waals surface area contributed by atoms with Crippen LogP contribution in [0.4, 0.5) is 4.39 Å². The molecule has 1 heterocycles. The molecule has 2 bridgehead atoms. The topological polar surface area (TPSA) is 44.8 Å². The fourth-order valence-electron chi connectivity index (χ4n) is 7.12. The fraction of sp³-hybridized carbons (Fsp3) is 0.382. The molecular weight excluding hydrogens is 519 g/mol. The van der Waals surface area contributed by atoms with Crippen LogP contribution in [0, 0.1) is 17.7 Å². The Hall–Kier alpha value is -3.06. The second kappa shape index (κ2) is 11.4. The maximum Gasteiger partial charge on any atom is 0.330 e. The number of benzene rings is 3. The van der Waals surface area contributed by atoms with Gasteiger partial charge < -0.3 is 13.9 Å². The smallest absolute Gasteiger partial charge is 0.330 e. The molecule has 2 aliphatic rings. The highest BCUT2D eigenvalue weighted by molar-refractivity contribution is 6.99. The van der Waals surface area contributed by atoms with Crippen molar-refractivity contribution in [2.75, 3.05) is 20.3 Å². The van der Waals surface area contributed by atoms with Crippen LogP contribution in [0.5, 0.6) is 0 Å². The average molecular weight is 559 g/mol. The number of hydrogen-bond acceptors (Lipinski definition) is 4. The van der Waals surface area contributed by atoms with Crippen molar-refractivity contribution in [3.05, 3.63) is 108 Å². The standard InChI is InChI=1S/C34H39FO4Si/c1-33(2,3)40(27-12-7-5-8-13-27,28-14-9-6-10-15-28)39-23-29-30(16-11-17-32(36)37-4)34(22-31(29)38-24-34)25-18-20-26(35)21-19-25/h5-15,17-21,29-31H,16,22-24H2,1-4H3/b17-11-. The van der Waals surface area contributed by atoms with Gasteiger partial charge in [0.15, 0.2) is 0 Å².